The number of ether oxygens (including phenoxy) is 1. The fourth-order valence-electron chi connectivity index (χ4n) is 2.73. The number of rotatable bonds is 1. The maximum absolute atomic E-state index is 13.3. The van der Waals surface area contributed by atoms with E-state index >= 15 is 0 Å². The molecule has 0 aromatic heterocycles. The first-order chi connectivity index (χ1) is 11.0. The molecule has 23 heavy (non-hydrogen) atoms. The number of hydrogen-bond donors (Lipinski definition) is 1. The first-order valence-electron chi connectivity index (χ1n) is 7.47. The van der Waals surface area contributed by atoms with Gasteiger partial charge in [-0.2, -0.15) is 13.2 Å². The van der Waals surface area contributed by atoms with Crippen LogP contribution < -0.4 is 10.5 Å². The number of hydrogen-bond acceptors (Lipinski definition) is 2. The van der Waals surface area contributed by atoms with Gasteiger partial charge in [0.25, 0.3) is 0 Å². The van der Waals surface area contributed by atoms with Gasteiger partial charge in [0, 0.05) is 5.56 Å². The number of fused-ring (bicyclic) bond motifs is 1. The van der Waals surface area contributed by atoms with E-state index in [0.717, 1.165) is 18.4 Å². The van der Waals surface area contributed by atoms with Crippen LogP contribution in [0.15, 0.2) is 36.4 Å². The van der Waals surface area contributed by atoms with E-state index in [9.17, 15) is 13.2 Å². The highest BCUT2D eigenvalue weighted by atomic mass is 19.4. The fraction of sp³-hybridized carbons (Fsp3) is 0.333. The second kappa shape index (κ2) is 7.04. The minimum atomic E-state index is -4.38. The predicted molar refractivity (Wildman–Crippen MR) is 85.5 cm³/mol. The molecule has 0 atom stereocenters. The van der Waals surface area contributed by atoms with Crippen LogP contribution in [0.1, 0.15) is 23.1 Å². The first kappa shape index (κ1) is 17.3. The van der Waals surface area contributed by atoms with Crippen molar-refractivity contribution in [2.45, 2.75) is 25.9 Å². The number of halogens is 3. The molecule has 2 nitrogen and oxygen atoms in total. The van der Waals surface area contributed by atoms with Crippen molar-refractivity contribution in [1.82, 2.24) is 0 Å². The lowest BCUT2D eigenvalue weighted by Gasteiger charge is -2.22. The van der Waals surface area contributed by atoms with Gasteiger partial charge in [-0.25, -0.2) is 0 Å². The maximum atomic E-state index is 13.3. The van der Waals surface area contributed by atoms with E-state index in [4.69, 9.17) is 4.74 Å². The van der Waals surface area contributed by atoms with Crippen LogP contribution in [0, 0.1) is 6.92 Å². The van der Waals surface area contributed by atoms with E-state index in [0.29, 0.717) is 23.5 Å². The maximum Gasteiger partial charge on any atom is 0.417 e. The molecule has 2 N–H and O–H groups in total. The van der Waals surface area contributed by atoms with Gasteiger partial charge in [0.05, 0.1) is 12.2 Å². The summed E-state index contributed by atoms with van der Waals surface area (Å²) < 4.78 is 45.6. The van der Waals surface area contributed by atoms with Crippen LogP contribution in [0.4, 0.5) is 13.2 Å². The average molecular weight is 323 g/mol. The van der Waals surface area contributed by atoms with E-state index in [1.807, 2.05) is 6.07 Å². The van der Waals surface area contributed by atoms with Gasteiger partial charge < -0.3 is 10.5 Å². The molecule has 1 aliphatic heterocycles. The van der Waals surface area contributed by atoms with Gasteiger partial charge in [-0.3, -0.25) is 0 Å². The molecule has 5 heteroatoms. The third-order valence-corrected chi connectivity index (χ3v) is 3.70. The highest BCUT2D eigenvalue weighted by Gasteiger charge is 2.34. The molecule has 0 bridgehead atoms. The monoisotopic (exact) mass is 323 g/mol. The minimum Gasteiger partial charge on any atom is -0.493 e. The summed E-state index contributed by atoms with van der Waals surface area (Å²) in [7, 11) is 1.50. The second-order valence-corrected chi connectivity index (χ2v) is 5.29. The molecule has 0 saturated heterocycles. The Hall–Kier alpha value is -2.01. The number of alkyl halides is 3. The Bertz CT molecular complexity index is 680. The van der Waals surface area contributed by atoms with Crippen LogP contribution in [0.3, 0.4) is 0 Å². The van der Waals surface area contributed by atoms with Crippen molar-refractivity contribution in [3.8, 4) is 16.9 Å². The molecule has 3 rings (SSSR count). The van der Waals surface area contributed by atoms with Gasteiger partial charge in [-0.05, 0) is 44.0 Å². The van der Waals surface area contributed by atoms with Gasteiger partial charge >= 0.3 is 6.18 Å². The zero-order valence-corrected chi connectivity index (χ0v) is 13.2. The van der Waals surface area contributed by atoms with Gasteiger partial charge in [-0.1, -0.05) is 35.9 Å². The van der Waals surface area contributed by atoms with Crippen molar-refractivity contribution in [3.63, 3.8) is 0 Å². The van der Waals surface area contributed by atoms with Crippen molar-refractivity contribution in [1.29, 1.82) is 0 Å². The molecule has 2 aromatic rings. The van der Waals surface area contributed by atoms with E-state index in [-0.39, 0.29) is 5.56 Å². The number of nitrogens with two attached hydrogens (primary N) is 1. The average Bonchev–Trinajstić information content (AvgIpc) is 2.55. The molecule has 1 heterocycles. The molecule has 0 radical (unpaired) electrons. The van der Waals surface area contributed by atoms with Crippen LogP contribution >= 0.6 is 0 Å². The Morgan fingerprint density at radius 3 is 2.48 bits per heavy atom. The summed E-state index contributed by atoms with van der Waals surface area (Å²) in [4.78, 5) is 0. The van der Waals surface area contributed by atoms with Crippen molar-refractivity contribution < 1.29 is 17.9 Å². The number of aryl methyl sites for hydroxylation is 2. The van der Waals surface area contributed by atoms with Gasteiger partial charge in [-0.15, -0.1) is 0 Å². The molecule has 0 unspecified atom stereocenters. The summed E-state index contributed by atoms with van der Waals surface area (Å²) in [5.74, 6) is 0.595. The standard InChI is InChI=1S/C17H15F3O.CH5N/c1-11-7-8-13(15(10-11)17(18,19)20)14-6-2-4-12-5-3-9-21-16(12)14;1-2/h2,4,6-8,10H,3,5,9H2,1H3;2H2,1H3. The summed E-state index contributed by atoms with van der Waals surface area (Å²) in [5, 5.41) is 0. The van der Waals surface area contributed by atoms with Crippen LogP contribution in [0.25, 0.3) is 11.1 Å². The summed E-state index contributed by atoms with van der Waals surface area (Å²) in [6, 6.07) is 9.84. The zero-order valence-electron chi connectivity index (χ0n) is 13.2. The lowest BCUT2D eigenvalue weighted by molar-refractivity contribution is -0.137. The summed E-state index contributed by atoms with van der Waals surface area (Å²) >= 11 is 0. The SMILES string of the molecule is CN.Cc1ccc(-c2cccc3c2OCCC3)c(C(F)(F)F)c1. The number of benzene rings is 2. The summed E-state index contributed by atoms with van der Waals surface area (Å²) in [5.41, 5.74) is 6.18. The molecule has 0 spiro atoms. The third-order valence-electron chi connectivity index (χ3n) is 3.70. The van der Waals surface area contributed by atoms with Gasteiger partial charge in [0.1, 0.15) is 5.75 Å². The normalized spacial score (nSPS) is 13.5. The van der Waals surface area contributed by atoms with Crippen LogP contribution in [0.5, 0.6) is 5.75 Å². The van der Waals surface area contributed by atoms with Gasteiger partial charge in [0.2, 0.25) is 0 Å². The van der Waals surface area contributed by atoms with Crippen LogP contribution in [0.2, 0.25) is 0 Å². The topological polar surface area (TPSA) is 35.2 Å². The van der Waals surface area contributed by atoms with E-state index < -0.39 is 11.7 Å². The van der Waals surface area contributed by atoms with Crippen LogP contribution in [-0.2, 0) is 12.6 Å². The quantitative estimate of drug-likeness (QED) is 0.833. The lowest BCUT2D eigenvalue weighted by atomic mass is 9.93. The Labute approximate surface area is 134 Å². The van der Waals surface area contributed by atoms with Crippen molar-refractivity contribution in [3.05, 3.63) is 53.1 Å². The highest BCUT2D eigenvalue weighted by Crippen LogP contribution is 2.42. The molecular weight excluding hydrogens is 303 g/mol. The molecule has 0 aliphatic carbocycles. The molecule has 0 amide bonds. The lowest BCUT2D eigenvalue weighted by Crippen LogP contribution is -2.11. The molecule has 1 aliphatic rings. The zero-order chi connectivity index (χ0) is 17.0. The van der Waals surface area contributed by atoms with Crippen molar-refractivity contribution in [2.24, 2.45) is 5.73 Å². The third kappa shape index (κ3) is 3.67. The largest absolute Gasteiger partial charge is 0.493 e. The Kier molecular flexibility index (Phi) is 5.31. The summed E-state index contributed by atoms with van der Waals surface area (Å²) in [6.45, 7) is 2.22. The molecular formula is C18H20F3NO. The summed E-state index contributed by atoms with van der Waals surface area (Å²) in [6.07, 6.45) is -2.63. The Morgan fingerprint density at radius 1 is 1.04 bits per heavy atom. The second-order valence-electron chi connectivity index (χ2n) is 5.29. The Balaban J connectivity index is 0.000000924. The van der Waals surface area contributed by atoms with E-state index in [1.54, 1.807) is 25.1 Å². The van der Waals surface area contributed by atoms with Crippen molar-refractivity contribution in [2.75, 3.05) is 13.7 Å². The predicted octanol–water partition coefficient (Wildman–Crippen LogP) is 4.58. The molecule has 0 saturated carbocycles. The van der Waals surface area contributed by atoms with Gasteiger partial charge in [0.15, 0.2) is 0 Å². The van der Waals surface area contributed by atoms with E-state index in [2.05, 4.69) is 5.73 Å². The van der Waals surface area contributed by atoms with Crippen LogP contribution in [-0.4, -0.2) is 13.7 Å². The first-order valence-corrected chi connectivity index (χ1v) is 7.47. The molecule has 124 valence electrons. The smallest absolute Gasteiger partial charge is 0.417 e. The molecule has 0 fully saturated rings. The fourth-order valence-corrected chi connectivity index (χ4v) is 2.73. The van der Waals surface area contributed by atoms with Crippen molar-refractivity contribution >= 4 is 0 Å². The molecule has 2 aromatic carbocycles. The van der Waals surface area contributed by atoms with E-state index in [1.165, 1.54) is 19.2 Å². The minimum absolute atomic E-state index is 0.187. The Morgan fingerprint density at radius 2 is 1.78 bits per heavy atom. The number of para-hydroxylation sites is 1. The highest BCUT2D eigenvalue weighted by molar-refractivity contribution is 5.76.